The van der Waals surface area contributed by atoms with Crippen LogP contribution in [0.15, 0.2) is 48.9 Å². The molecule has 3 heterocycles. The van der Waals surface area contributed by atoms with Crippen LogP contribution in [0.3, 0.4) is 0 Å². The van der Waals surface area contributed by atoms with Crippen molar-refractivity contribution in [3.63, 3.8) is 0 Å². The third-order valence-electron chi connectivity index (χ3n) is 4.86. The summed E-state index contributed by atoms with van der Waals surface area (Å²) in [5, 5.41) is 15.8. The van der Waals surface area contributed by atoms with Crippen LogP contribution < -0.4 is 10.6 Å². The van der Waals surface area contributed by atoms with Gasteiger partial charge in [-0.1, -0.05) is 30.3 Å². The molecule has 1 saturated heterocycles. The van der Waals surface area contributed by atoms with Gasteiger partial charge in [0.15, 0.2) is 5.65 Å². The van der Waals surface area contributed by atoms with Crippen molar-refractivity contribution in [3.8, 4) is 0 Å². The summed E-state index contributed by atoms with van der Waals surface area (Å²) >= 11 is 0. The molecule has 140 valence electrons. The van der Waals surface area contributed by atoms with Crippen LogP contribution in [0.25, 0.3) is 11.2 Å². The molecule has 3 N–H and O–H groups in total. The van der Waals surface area contributed by atoms with E-state index >= 15 is 0 Å². The largest absolute Gasteiger partial charge is 0.392 e. The van der Waals surface area contributed by atoms with Crippen molar-refractivity contribution in [1.82, 2.24) is 25.2 Å². The molecule has 0 unspecified atom stereocenters. The van der Waals surface area contributed by atoms with Crippen LogP contribution in [0.1, 0.15) is 22.3 Å². The van der Waals surface area contributed by atoms with E-state index in [9.17, 15) is 9.90 Å². The second-order valence-electron chi connectivity index (χ2n) is 6.96. The molecule has 1 aliphatic heterocycles. The van der Waals surface area contributed by atoms with E-state index in [0.29, 0.717) is 30.6 Å². The number of aliphatic hydroxyl groups excluding tert-OH is 1. The highest BCUT2D eigenvalue weighted by molar-refractivity contribution is 5.96. The molecule has 1 aliphatic rings. The van der Waals surface area contributed by atoms with Crippen molar-refractivity contribution in [2.45, 2.75) is 31.5 Å². The predicted molar refractivity (Wildman–Crippen MR) is 102 cm³/mol. The number of benzene rings is 1. The quantitative estimate of drug-likeness (QED) is 0.630. The number of amides is 1. The monoisotopic (exact) mass is 365 g/mol. The van der Waals surface area contributed by atoms with Gasteiger partial charge in [-0.05, 0) is 24.5 Å². The summed E-state index contributed by atoms with van der Waals surface area (Å²) in [6.07, 6.45) is 4.38. The van der Waals surface area contributed by atoms with Gasteiger partial charge in [0.1, 0.15) is 5.52 Å². The maximum absolute atomic E-state index is 12.5. The second kappa shape index (κ2) is 7.85. The Bertz CT molecular complexity index is 925. The lowest BCUT2D eigenvalue weighted by Crippen LogP contribution is -2.50. The number of hydrogen-bond donors (Lipinski definition) is 3. The van der Waals surface area contributed by atoms with E-state index in [1.807, 2.05) is 22.8 Å². The molecule has 0 bridgehead atoms. The topological polar surface area (TPSA) is 92.1 Å². The summed E-state index contributed by atoms with van der Waals surface area (Å²) in [5.41, 5.74) is 3.23. The Morgan fingerprint density at radius 1 is 1.26 bits per heavy atom. The second-order valence-corrected chi connectivity index (χ2v) is 6.96. The number of pyridine rings is 1. The highest BCUT2D eigenvalue weighted by Gasteiger charge is 2.22. The number of fused-ring (bicyclic) bond motifs is 1. The van der Waals surface area contributed by atoms with Gasteiger partial charge in [0.25, 0.3) is 5.91 Å². The molecule has 7 heteroatoms. The Balaban J connectivity index is 1.44. The number of aromatic nitrogens is 3. The molecule has 0 aliphatic carbocycles. The van der Waals surface area contributed by atoms with Gasteiger partial charge in [-0.15, -0.1) is 0 Å². The first-order chi connectivity index (χ1) is 13.2. The van der Waals surface area contributed by atoms with Crippen LogP contribution >= 0.6 is 0 Å². The van der Waals surface area contributed by atoms with Crippen LogP contribution in [0, 0.1) is 0 Å². The lowest BCUT2D eigenvalue weighted by Gasteiger charge is -2.27. The molecule has 1 aromatic carbocycles. The number of nitrogens with one attached hydrogen (secondary N) is 2. The summed E-state index contributed by atoms with van der Waals surface area (Å²) < 4.78 is 2.01. The van der Waals surface area contributed by atoms with E-state index in [2.05, 4.69) is 32.7 Å². The molecular formula is C20H23N5O2. The molecule has 1 fully saturated rings. The smallest absolute Gasteiger partial charge is 0.253 e. The fourth-order valence-electron chi connectivity index (χ4n) is 3.43. The van der Waals surface area contributed by atoms with Gasteiger partial charge in [-0.3, -0.25) is 4.79 Å². The van der Waals surface area contributed by atoms with Crippen molar-refractivity contribution in [2.75, 3.05) is 13.1 Å². The molecule has 7 nitrogen and oxygen atoms in total. The number of aliphatic hydroxyl groups is 1. The molecule has 2 atom stereocenters. The maximum Gasteiger partial charge on any atom is 0.253 e. The van der Waals surface area contributed by atoms with E-state index in [0.717, 1.165) is 18.6 Å². The Morgan fingerprint density at radius 3 is 2.93 bits per heavy atom. The van der Waals surface area contributed by atoms with Crippen LogP contribution in [0.4, 0.5) is 0 Å². The fraction of sp³-hybridized carbons (Fsp3) is 0.350. The summed E-state index contributed by atoms with van der Waals surface area (Å²) in [5.74, 6) is -0.191. The van der Waals surface area contributed by atoms with Crippen molar-refractivity contribution < 1.29 is 9.90 Å². The van der Waals surface area contributed by atoms with Crippen molar-refractivity contribution in [2.24, 2.45) is 0 Å². The van der Waals surface area contributed by atoms with Gasteiger partial charge in [0.05, 0.1) is 18.0 Å². The molecule has 0 spiro atoms. The summed E-state index contributed by atoms with van der Waals surface area (Å²) in [7, 11) is 0. The number of imidazole rings is 1. The third-order valence-corrected chi connectivity index (χ3v) is 4.86. The van der Waals surface area contributed by atoms with Gasteiger partial charge in [0.2, 0.25) is 0 Å². The van der Waals surface area contributed by atoms with Gasteiger partial charge in [0, 0.05) is 31.9 Å². The minimum absolute atomic E-state index is 0.0830. The standard InChI is InChI=1S/C20H23N5O2/c26-17-9-16(11-21-12-17)24-20(27)15-8-18-19(22-10-15)25(13-23-18)7-6-14-4-2-1-3-5-14/h1-5,8,10,13,16-17,21,26H,6-7,9,11-12H2,(H,24,27)/t16-,17+/m0/s1. The third kappa shape index (κ3) is 4.15. The van der Waals surface area contributed by atoms with E-state index < -0.39 is 6.10 Å². The average molecular weight is 365 g/mol. The molecule has 0 radical (unpaired) electrons. The maximum atomic E-state index is 12.5. The number of β-amino-alcohol motifs (C(OH)–C–C–N with tert-alkyl or cyclic N) is 1. The van der Waals surface area contributed by atoms with Crippen LogP contribution in [-0.2, 0) is 13.0 Å². The Kier molecular flexibility index (Phi) is 5.13. The lowest BCUT2D eigenvalue weighted by molar-refractivity contribution is 0.0876. The molecular weight excluding hydrogens is 342 g/mol. The zero-order chi connectivity index (χ0) is 18.6. The summed E-state index contributed by atoms with van der Waals surface area (Å²) in [4.78, 5) is 21.3. The Hall–Kier alpha value is -2.77. The van der Waals surface area contributed by atoms with E-state index in [1.54, 1.807) is 18.6 Å². The van der Waals surface area contributed by atoms with Crippen LogP contribution in [0.2, 0.25) is 0 Å². The van der Waals surface area contributed by atoms with E-state index in [-0.39, 0.29) is 11.9 Å². The van der Waals surface area contributed by atoms with Gasteiger partial charge in [-0.25, -0.2) is 9.97 Å². The summed E-state index contributed by atoms with van der Waals surface area (Å²) in [6, 6.07) is 12.0. The van der Waals surface area contributed by atoms with Crippen LogP contribution in [0.5, 0.6) is 0 Å². The number of carbonyl (C=O) groups excluding carboxylic acids is 1. The minimum Gasteiger partial charge on any atom is -0.392 e. The zero-order valence-electron chi connectivity index (χ0n) is 15.0. The first-order valence-corrected chi connectivity index (χ1v) is 9.23. The molecule has 1 amide bonds. The molecule has 3 aromatic rings. The number of aryl methyl sites for hydroxylation is 2. The molecule has 27 heavy (non-hydrogen) atoms. The minimum atomic E-state index is -0.426. The van der Waals surface area contributed by atoms with E-state index in [4.69, 9.17) is 0 Å². The predicted octanol–water partition coefficient (Wildman–Crippen LogP) is 1.13. The van der Waals surface area contributed by atoms with Crippen LogP contribution in [-0.4, -0.2) is 50.8 Å². The van der Waals surface area contributed by atoms with Gasteiger partial charge in [-0.2, -0.15) is 0 Å². The van der Waals surface area contributed by atoms with E-state index in [1.165, 1.54) is 5.56 Å². The van der Waals surface area contributed by atoms with Crippen molar-refractivity contribution >= 4 is 17.1 Å². The van der Waals surface area contributed by atoms with Crippen molar-refractivity contribution in [1.29, 1.82) is 0 Å². The number of carbonyl (C=O) groups is 1. The van der Waals surface area contributed by atoms with Crippen molar-refractivity contribution in [3.05, 3.63) is 60.0 Å². The Labute approximate surface area is 157 Å². The Morgan fingerprint density at radius 2 is 2.11 bits per heavy atom. The van der Waals surface area contributed by atoms with Gasteiger partial charge < -0.3 is 20.3 Å². The fourth-order valence-corrected chi connectivity index (χ4v) is 3.43. The normalized spacial score (nSPS) is 19.9. The first-order valence-electron chi connectivity index (χ1n) is 9.23. The lowest BCUT2D eigenvalue weighted by atomic mass is 10.0. The number of nitrogens with zero attached hydrogens (tertiary/aromatic N) is 3. The number of hydrogen-bond acceptors (Lipinski definition) is 5. The highest BCUT2D eigenvalue weighted by Crippen LogP contribution is 2.14. The molecule has 4 rings (SSSR count). The number of rotatable bonds is 5. The average Bonchev–Trinajstić information content (AvgIpc) is 3.09. The molecule has 0 saturated carbocycles. The zero-order valence-corrected chi connectivity index (χ0v) is 15.0. The highest BCUT2D eigenvalue weighted by atomic mass is 16.3. The first kappa shape index (κ1) is 17.6. The summed E-state index contributed by atoms with van der Waals surface area (Å²) in [6.45, 7) is 2.01. The van der Waals surface area contributed by atoms with Gasteiger partial charge >= 0.3 is 0 Å². The SMILES string of the molecule is O=C(N[C@@H]1CNC[C@H](O)C1)c1cnc2c(c1)ncn2CCc1ccccc1. The number of piperidine rings is 1. The molecule has 2 aromatic heterocycles.